The van der Waals surface area contributed by atoms with Crippen LogP contribution in [0.1, 0.15) is 49.8 Å². The van der Waals surface area contributed by atoms with Crippen molar-refractivity contribution in [3.05, 3.63) is 41.5 Å². The zero-order chi connectivity index (χ0) is 20.9. The van der Waals surface area contributed by atoms with Crippen LogP contribution in [0.4, 0.5) is 5.82 Å². The van der Waals surface area contributed by atoms with Gasteiger partial charge in [0.25, 0.3) is 0 Å². The molecule has 1 fully saturated rings. The maximum atomic E-state index is 12.6. The van der Waals surface area contributed by atoms with E-state index in [1.807, 2.05) is 18.0 Å². The molecular weight excluding hydrogens is 392 g/mol. The molecule has 158 valence electrons. The Balaban J connectivity index is 1.41. The summed E-state index contributed by atoms with van der Waals surface area (Å²) >= 11 is 1.70. The molecule has 2 heterocycles. The normalized spacial score (nSPS) is 14.7. The van der Waals surface area contributed by atoms with Crippen LogP contribution in [0.2, 0.25) is 0 Å². The van der Waals surface area contributed by atoms with Crippen molar-refractivity contribution in [3.8, 4) is 11.1 Å². The third-order valence-corrected chi connectivity index (χ3v) is 7.12. The number of hydrogen-bond donors (Lipinski definition) is 1. The molecule has 2 aromatic heterocycles. The highest BCUT2D eigenvalue weighted by Gasteiger charge is 2.21. The molecule has 1 amide bonds. The molecule has 0 unspecified atom stereocenters. The standard InChI is InChI=1S/C24H30N4OS/c1-17-21(18-10-5-3-6-11-18)22-23(26-16-27-24(22)30-17)25-15-9-14-20(29)28(2)19-12-7-4-8-13-19/h3,5-6,10-11,16,19H,4,7-9,12-15H2,1-2H3,(H,25,26,27). The van der Waals surface area contributed by atoms with Crippen LogP contribution in [-0.2, 0) is 4.79 Å². The Labute approximate surface area is 182 Å². The molecule has 0 aliphatic heterocycles. The zero-order valence-corrected chi connectivity index (χ0v) is 18.7. The lowest BCUT2D eigenvalue weighted by molar-refractivity contribution is -0.132. The van der Waals surface area contributed by atoms with Crippen molar-refractivity contribution < 1.29 is 4.79 Å². The molecule has 1 aliphatic rings. The van der Waals surface area contributed by atoms with E-state index in [0.29, 0.717) is 12.5 Å². The quantitative estimate of drug-likeness (QED) is 0.500. The Morgan fingerprint density at radius 3 is 2.70 bits per heavy atom. The summed E-state index contributed by atoms with van der Waals surface area (Å²) in [4.78, 5) is 25.8. The summed E-state index contributed by atoms with van der Waals surface area (Å²) in [6, 6.07) is 10.8. The topological polar surface area (TPSA) is 58.1 Å². The number of aromatic nitrogens is 2. The Kier molecular flexibility index (Phi) is 6.62. The fourth-order valence-corrected chi connectivity index (χ4v) is 5.44. The third-order valence-electron chi connectivity index (χ3n) is 6.10. The first-order chi connectivity index (χ1) is 14.6. The number of benzene rings is 1. The van der Waals surface area contributed by atoms with Crippen LogP contribution in [0.15, 0.2) is 36.7 Å². The molecule has 1 saturated carbocycles. The second kappa shape index (κ2) is 9.56. The van der Waals surface area contributed by atoms with Gasteiger partial charge in [0.05, 0.1) is 5.39 Å². The van der Waals surface area contributed by atoms with E-state index in [9.17, 15) is 4.79 Å². The van der Waals surface area contributed by atoms with Crippen LogP contribution in [0.5, 0.6) is 0 Å². The van der Waals surface area contributed by atoms with Crippen LogP contribution in [0, 0.1) is 6.92 Å². The molecule has 4 rings (SSSR count). The molecule has 1 N–H and O–H groups in total. The van der Waals surface area contributed by atoms with Gasteiger partial charge in [-0.05, 0) is 31.7 Å². The number of aryl methyl sites for hydroxylation is 1. The van der Waals surface area contributed by atoms with Crippen LogP contribution >= 0.6 is 11.3 Å². The number of carbonyl (C=O) groups is 1. The summed E-state index contributed by atoms with van der Waals surface area (Å²) in [6.45, 7) is 2.86. The van der Waals surface area contributed by atoms with Gasteiger partial charge < -0.3 is 10.2 Å². The Bertz CT molecular complexity index is 995. The minimum absolute atomic E-state index is 0.257. The summed E-state index contributed by atoms with van der Waals surface area (Å²) < 4.78 is 0. The van der Waals surface area contributed by atoms with Gasteiger partial charge in [-0.25, -0.2) is 9.97 Å². The number of fused-ring (bicyclic) bond motifs is 1. The molecule has 0 bridgehead atoms. The summed E-state index contributed by atoms with van der Waals surface area (Å²) in [5, 5.41) is 4.55. The maximum Gasteiger partial charge on any atom is 0.222 e. The highest BCUT2D eigenvalue weighted by atomic mass is 32.1. The summed E-state index contributed by atoms with van der Waals surface area (Å²) in [7, 11) is 1.97. The van der Waals surface area contributed by atoms with E-state index in [1.54, 1.807) is 17.7 Å². The van der Waals surface area contributed by atoms with Gasteiger partial charge in [-0.3, -0.25) is 4.79 Å². The second-order valence-corrected chi connectivity index (χ2v) is 9.33. The Hall–Kier alpha value is -2.47. The maximum absolute atomic E-state index is 12.6. The average Bonchev–Trinajstić information content (AvgIpc) is 3.13. The van der Waals surface area contributed by atoms with Gasteiger partial charge in [-0.15, -0.1) is 11.3 Å². The van der Waals surface area contributed by atoms with Gasteiger partial charge in [-0.1, -0.05) is 49.6 Å². The molecule has 1 aliphatic carbocycles. The fraction of sp³-hybridized carbons (Fsp3) is 0.458. The van der Waals surface area contributed by atoms with E-state index in [0.717, 1.165) is 41.8 Å². The van der Waals surface area contributed by atoms with E-state index in [1.165, 1.54) is 35.3 Å². The number of carbonyl (C=O) groups excluding carboxylic acids is 1. The predicted molar refractivity (Wildman–Crippen MR) is 125 cm³/mol. The van der Waals surface area contributed by atoms with Crippen LogP contribution in [0.3, 0.4) is 0 Å². The third kappa shape index (κ3) is 4.48. The van der Waals surface area contributed by atoms with Gasteiger partial charge in [0.15, 0.2) is 0 Å². The van der Waals surface area contributed by atoms with Gasteiger partial charge in [0.2, 0.25) is 5.91 Å². The fourth-order valence-electron chi connectivity index (χ4n) is 4.43. The van der Waals surface area contributed by atoms with E-state index >= 15 is 0 Å². The number of anilines is 1. The second-order valence-electron chi connectivity index (χ2n) is 8.13. The van der Waals surface area contributed by atoms with Crippen molar-refractivity contribution in [3.63, 3.8) is 0 Å². The number of nitrogens with zero attached hydrogens (tertiary/aromatic N) is 3. The molecule has 30 heavy (non-hydrogen) atoms. The molecule has 3 aromatic rings. The number of amides is 1. The highest BCUT2D eigenvalue weighted by Crippen LogP contribution is 2.40. The minimum Gasteiger partial charge on any atom is -0.369 e. The monoisotopic (exact) mass is 422 g/mol. The molecule has 6 heteroatoms. The molecule has 1 aromatic carbocycles. The number of thiophene rings is 1. The van der Waals surface area contributed by atoms with Crippen LogP contribution < -0.4 is 5.32 Å². The Morgan fingerprint density at radius 1 is 1.17 bits per heavy atom. The van der Waals surface area contributed by atoms with Crippen molar-refractivity contribution >= 4 is 33.3 Å². The first-order valence-electron chi connectivity index (χ1n) is 10.9. The van der Waals surface area contributed by atoms with Gasteiger partial charge in [0, 0.05) is 36.5 Å². The van der Waals surface area contributed by atoms with Crippen LogP contribution in [0.25, 0.3) is 21.3 Å². The predicted octanol–water partition coefficient (Wildman–Crippen LogP) is 5.65. The molecular formula is C24H30N4OS. The smallest absolute Gasteiger partial charge is 0.222 e. The lowest BCUT2D eigenvalue weighted by Crippen LogP contribution is -2.38. The number of rotatable bonds is 7. The zero-order valence-electron chi connectivity index (χ0n) is 17.9. The van der Waals surface area contributed by atoms with E-state index in [-0.39, 0.29) is 5.91 Å². The van der Waals surface area contributed by atoms with Crippen molar-refractivity contribution in [2.45, 2.75) is 57.9 Å². The molecule has 0 radical (unpaired) electrons. The van der Waals surface area contributed by atoms with E-state index in [4.69, 9.17) is 0 Å². The number of nitrogens with one attached hydrogen (secondary N) is 1. The van der Waals surface area contributed by atoms with Gasteiger partial charge in [-0.2, -0.15) is 0 Å². The molecule has 0 atom stereocenters. The number of hydrogen-bond acceptors (Lipinski definition) is 5. The van der Waals surface area contributed by atoms with E-state index in [2.05, 4.69) is 46.5 Å². The highest BCUT2D eigenvalue weighted by molar-refractivity contribution is 7.19. The SMILES string of the molecule is Cc1sc2ncnc(NCCCC(=O)N(C)C3CCCCC3)c2c1-c1ccccc1. The van der Waals surface area contributed by atoms with E-state index < -0.39 is 0 Å². The lowest BCUT2D eigenvalue weighted by atomic mass is 9.94. The average molecular weight is 423 g/mol. The molecule has 5 nitrogen and oxygen atoms in total. The van der Waals surface area contributed by atoms with Gasteiger partial charge in [0.1, 0.15) is 17.0 Å². The van der Waals surface area contributed by atoms with Crippen molar-refractivity contribution in [2.75, 3.05) is 18.9 Å². The first kappa shape index (κ1) is 20.8. The van der Waals surface area contributed by atoms with Crippen molar-refractivity contribution in [2.24, 2.45) is 0 Å². The van der Waals surface area contributed by atoms with Crippen LogP contribution in [-0.4, -0.2) is 40.4 Å². The minimum atomic E-state index is 0.257. The van der Waals surface area contributed by atoms with Crippen molar-refractivity contribution in [1.82, 2.24) is 14.9 Å². The largest absolute Gasteiger partial charge is 0.369 e. The first-order valence-corrected chi connectivity index (χ1v) is 11.8. The molecule has 0 saturated heterocycles. The van der Waals surface area contributed by atoms with Crippen molar-refractivity contribution in [1.29, 1.82) is 0 Å². The summed E-state index contributed by atoms with van der Waals surface area (Å²) in [6.07, 6.45) is 9.10. The molecule has 0 spiro atoms. The lowest BCUT2D eigenvalue weighted by Gasteiger charge is -2.31. The van der Waals surface area contributed by atoms with Gasteiger partial charge >= 0.3 is 0 Å². The Morgan fingerprint density at radius 2 is 1.93 bits per heavy atom. The summed E-state index contributed by atoms with van der Waals surface area (Å²) in [5.74, 6) is 1.11. The summed E-state index contributed by atoms with van der Waals surface area (Å²) in [5.41, 5.74) is 2.38.